The first kappa shape index (κ1) is 9.54. The standard InChI is InChI=1S/C12H13N3O/c1-7-3-4-16-11(7)12-14-8(2)9-5-13-6-10(9)15-12/h3-4,13H,5-6H2,1-2H3. The molecule has 2 aromatic rings. The van der Waals surface area contributed by atoms with E-state index in [4.69, 9.17) is 4.42 Å². The van der Waals surface area contributed by atoms with Crippen molar-refractivity contribution < 1.29 is 4.42 Å². The Morgan fingerprint density at radius 1 is 1.25 bits per heavy atom. The molecule has 82 valence electrons. The van der Waals surface area contributed by atoms with E-state index in [-0.39, 0.29) is 0 Å². The van der Waals surface area contributed by atoms with Crippen molar-refractivity contribution in [3.63, 3.8) is 0 Å². The Morgan fingerprint density at radius 3 is 2.88 bits per heavy atom. The van der Waals surface area contributed by atoms with Gasteiger partial charge in [0.15, 0.2) is 11.6 Å². The SMILES string of the molecule is Cc1ccoc1-c1nc(C)c2c(n1)CNC2. The van der Waals surface area contributed by atoms with E-state index in [2.05, 4.69) is 15.3 Å². The van der Waals surface area contributed by atoms with Crippen LogP contribution in [0.25, 0.3) is 11.6 Å². The summed E-state index contributed by atoms with van der Waals surface area (Å²) in [4.78, 5) is 9.05. The van der Waals surface area contributed by atoms with Crippen LogP contribution in [0.3, 0.4) is 0 Å². The van der Waals surface area contributed by atoms with Crippen molar-refractivity contribution in [3.8, 4) is 11.6 Å². The van der Waals surface area contributed by atoms with Gasteiger partial charge in [0.05, 0.1) is 12.0 Å². The molecule has 0 amide bonds. The van der Waals surface area contributed by atoms with Gasteiger partial charge < -0.3 is 9.73 Å². The molecule has 0 radical (unpaired) electrons. The summed E-state index contributed by atoms with van der Waals surface area (Å²) in [5, 5.41) is 3.28. The number of rotatable bonds is 1. The summed E-state index contributed by atoms with van der Waals surface area (Å²) in [7, 11) is 0. The van der Waals surface area contributed by atoms with Gasteiger partial charge >= 0.3 is 0 Å². The summed E-state index contributed by atoms with van der Waals surface area (Å²) in [6, 6.07) is 1.93. The highest BCUT2D eigenvalue weighted by molar-refractivity contribution is 5.53. The van der Waals surface area contributed by atoms with Gasteiger partial charge in [-0.2, -0.15) is 0 Å². The van der Waals surface area contributed by atoms with Crippen LogP contribution in [0.2, 0.25) is 0 Å². The summed E-state index contributed by atoms with van der Waals surface area (Å²) < 4.78 is 5.42. The van der Waals surface area contributed by atoms with Crippen LogP contribution in [-0.4, -0.2) is 9.97 Å². The van der Waals surface area contributed by atoms with E-state index in [1.165, 1.54) is 5.56 Å². The fraction of sp³-hybridized carbons (Fsp3) is 0.333. The molecule has 0 saturated heterocycles. The second-order valence-electron chi connectivity index (χ2n) is 4.09. The highest BCUT2D eigenvalue weighted by atomic mass is 16.3. The molecule has 0 unspecified atom stereocenters. The topological polar surface area (TPSA) is 51.0 Å². The van der Waals surface area contributed by atoms with Crippen LogP contribution in [0.4, 0.5) is 0 Å². The Labute approximate surface area is 93.7 Å². The molecule has 3 rings (SSSR count). The third-order valence-electron chi connectivity index (χ3n) is 2.96. The zero-order valence-electron chi connectivity index (χ0n) is 9.37. The maximum Gasteiger partial charge on any atom is 0.196 e. The molecule has 0 aliphatic carbocycles. The lowest BCUT2D eigenvalue weighted by molar-refractivity contribution is 0.574. The molecule has 0 aromatic carbocycles. The average molecular weight is 215 g/mol. The minimum atomic E-state index is 0.697. The molecular formula is C12H13N3O. The molecule has 3 heterocycles. The van der Waals surface area contributed by atoms with Crippen LogP contribution >= 0.6 is 0 Å². The van der Waals surface area contributed by atoms with E-state index in [0.29, 0.717) is 5.82 Å². The van der Waals surface area contributed by atoms with Gasteiger partial charge in [-0.1, -0.05) is 0 Å². The number of hydrogen-bond donors (Lipinski definition) is 1. The van der Waals surface area contributed by atoms with Crippen LogP contribution in [-0.2, 0) is 13.1 Å². The van der Waals surface area contributed by atoms with Gasteiger partial charge in [0, 0.05) is 24.3 Å². The minimum absolute atomic E-state index is 0.697. The Morgan fingerprint density at radius 2 is 2.12 bits per heavy atom. The van der Waals surface area contributed by atoms with Crippen molar-refractivity contribution in [1.82, 2.24) is 15.3 Å². The monoisotopic (exact) mass is 215 g/mol. The maximum atomic E-state index is 5.42. The van der Waals surface area contributed by atoms with Crippen LogP contribution < -0.4 is 5.32 Å². The number of hydrogen-bond acceptors (Lipinski definition) is 4. The molecule has 0 atom stereocenters. The normalized spacial score (nSPS) is 14.1. The fourth-order valence-corrected chi connectivity index (χ4v) is 2.04. The number of aromatic nitrogens is 2. The van der Waals surface area contributed by atoms with E-state index in [0.717, 1.165) is 35.8 Å². The predicted molar refractivity (Wildman–Crippen MR) is 59.8 cm³/mol. The Kier molecular flexibility index (Phi) is 2.04. The van der Waals surface area contributed by atoms with Crippen LogP contribution in [0.15, 0.2) is 16.7 Å². The van der Waals surface area contributed by atoms with Crippen molar-refractivity contribution in [2.45, 2.75) is 26.9 Å². The highest BCUT2D eigenvalue weighted by Gasteiger charge is 2.18. The fourth-order valence-electron chi connectivity index (χ4n) is 2.04. The summed E-state index contributed by atoms with van der Waals surface area (Å²) >= 11 is 0. The van der Waals surface area contributed by atoms with E-state index in [1.807, 2.05) is 19.9 Å². The molecule has 1 aliphatic rings. The lowest BCUT2D eigenvalue weighted by Crippen LogP contribution is -2.00. The smallest absolute Gasteiger partial charge is 0.196 e. The van der Waals surface area contributed by atoms with Gasteiger partial charge in [0.2, 0.25) is 0 Å². The van der Waals surface area contributed by atoms with E-state index in [9.17, 15) is 0 Å². The van der Waals surface area contributed by atoms with Gasteiger partial charge in [-0.25, -0.2) is 9.97 Å². The molecule has 16 heavy (non-hydrogen) atoms. The summed E-state index contributed by atoms with van der Waals surface area (Å²) in [5.74, 6) is 1.47. The second-order valence-corrected chi connectivity index (χ2v) is 4.09. The average Bonchev–Trinajstić information content (AvgIpc) is 2.85. The molecule has 2 aromatic heterocycles. The largest absolute Gasteiger partial charge is 0.461 e. The number of furan rings is 1. The minimum Gasteiger partial charge on any atom is -0.461 e. The van der Waals surface area contributed by atoms with Gasteiger partial charge in [0.25, 0.3) is 0 Å². The predicted octanol–water partition coefficient (Wildman–Crippen LogP) is 1.96. The first-order valence-corrected chi connectivity index (χ1v) is 5.37. The lowest BCUT2D eigenvalue weighted by atomic mass is 10.2. The number of aryl methyl sites for hydroxylation is 2. The van der Waals surface area contributed by atoms with Crippen molar-refractivity contribution in [2.75, 3.05) is 0 Å². The van der Waals surface area contributed by atoms with Gasteiger partial charge in [0.1, 0.15) is 0 Å². The first-order valence-electron chi connectivity index (χ1n) is 5.37. The molecule has 1 N–H and O–H groups in total. The highest BCUT2D eigenvalue weighted by Crippen LogP contribution is 2.24. The number of nitrogens with one attached hydrogen (secondary N) is 1. The van der Waals surface area contributed by atoms with Crippen LogP contribution in [0, 0.1) is 13.8 Å². The van der Waals surface area contributed by atoms with Crippen LogP contribution in [0.5, 0.6) is 0 Å². The van der Waals surface area contributed by atoms with E-state index >= 15 is 0 Å². The van der Waals surface area contributed by atoms with Gasteiger partial charge in [-0.05, 0) is 25.5 Å². The molecule has 1 aliphatic heterocycles. The van der Waals surface area contributed by atoms with E-state index in [1.54, 1.807) is 6.26 Å². The zero-order valence-corrected chi connectivity index (χ0v) is 9.37. The molecule has 0 saturated carbocycles. The molecule has 4 nitrogen and oxygen atoms in total. The molecule has 4 heteroatoms. The molecular weight excluding hydrogens is 202 g/mol. The Balaban J connectivity index is 2.17. The van der Waals surface area contributed by atoms with Crippen molar-refractivity contribution >= 4 is 0 Å². The summed E-state index contributed by atoms with van der Waals surface area (Å²) in [6.45, 7) is 5.72. The third kappa shape index (κ3) is 1.34. The zero-order chi connectivity index (χ0) is 11.1. The molecule has 0 bridgehead atoms. The van der Waals surface area contributed by atoms with E-state index < -0.39 is 0 Å². The Bertz CT molecular complexity index is 545. The first-order chi connectivity index (χ1) is 7.75. The van der Waals surface area contributed by atoms with Gasteiger partial charge in [-0.15, -0.1) is 0 Å². The number of nitrogens with zero attached hydrogens (tertiary/aromatic N) is 2. The summed E-state index contributed by atoms with van der Waals surface area (Å²) in [6.07, 6.45) is 1.68. The third-order valence-corrected chi connectivity index (χ3v) is 2.96. The maximum absolute atomic E-state index is 5.42. The van der Waals surface area contributed by atoms with Crippen molar-refractivity contribution in [2.24, 2.45) is 0 Å². The quantitative estimate of drug-likeness (QED) is 0.790. The van der Waals surface area contributed by atoms with Crippen molar-refractivity contribution in [3.05, 3.63) is 34.8 Å². The Hall–Kier alpha value is -1.68. The number of fused-ring (bicyclic) bond motifs is 1. The van der Waals surface area contributed by atoms with Gasteiger partial charge in [-0.3, -0.25) is 0 Å². The van der Waals surface area contributed by atoms with Crippen molar-refractivity contribution in [1.29, 1.82) is 0 Å². The molecule has 0 fully saturated rings. The summed E-state index contributed by atoms with van der Waals surface area (Å²) in [5.41, 5.74) is 4.44. The molecule has 0 spiro atoms. The lowest BCUT2D eigenvalue weighted by Gasteiger charge is -2.04. The van der Waals surface area contributed by atoms with Crippen LogP contribution in [0.1, 0.15) is 22.5 Å². The second kappa shape index (κ2) is 3.42.